The molecule has 2 unspecified atom stereocenters. The molecule has 142 valence electrons. The number of nitrogens with zero attached hydrogens (tertiary/aromatic N) is 2. The van der Waals surface area contributed by atoms with Gasteiger partial charge in [-0.25, -0.2) is 4.99 Å². The zero-order chi connectivity index (χ0) is 17.0. The van der Waals surface area contributed by atoms with Gasteiger partial charge in [0.25, 0.3) is 0 Å². The van der Waals surface area contributed by atoms with Crippen LogP contribution in [0.1, 0.15) is 38.7 Å². The van der Waals surface area contributed by atoms with Crippen molar-refractivity contribution in [3.63, 3.8) is 0 Å². The van der Waals surface area contributed by atoms with E-state index in [0.717, 1.165) is 30.7 Å². The van der Waals surface area contributed by atoms with Gasteiger partial charge in [0.05, 0.1) is 6.54 Å². The molecule has 2 heterocycles. The van der Waals surface area contributed by atoms with Crippen LogP contribution in [0.15, 0.2) is 21.8 Å². The quantitative estimate of drug-likeness (QED) is 0.321. The summed E-state index contributed by atoms with van der Waals surface area (Å²) in [5, 5.41) is 21.3. The summed E-state index contributed by atoms with van der Waals surface area (Å²) in [5.41, 5.74) is 0.0151. The predicted octanol–water partition coefficient (Wildman–Crippen LogP) is 2.61. The third-order valence-electron chi connectivity index (χ3n) is 4.97. The molecule has 25 heavy (non-hydrogen) atoms. The molecule has 1 aromatic heterocycles. The van der Waals surface area contributed by atoms with Crippen LogP contribution >= 0.6 is 35.3 Å². The first-order valence-corrected chi connectivity index (χ1v) is 10.0. The average molecular weight is 478 g/mol. The van der Waals surface area contributed by atoms with E-state index in [4.69, 9.17) is 0 Å². The molecule has 0 aromatic carbocycles. The normalized spacial score (nSPS) is 23.8. The predicted molar refractivity (Wildman–Crippen MR) is 116 cm³/mol. The van der Waals surface area contributed by atoms with E-state index in [1.165, 1.54) is 32.4 Å². The summed E-state index contributed by atoms with van der Waals surface area (Å²) in [7, 11) is 0. The molecule has 2 fully saturated rings. The van der Waals surface area contributed by atoms with Gasteiger partial charge in [-0.2, -0.15) is 11.3 Å². The van der Waals surface area contributed by atoms with Crippen molar-refractivity contribution in [2.45, 2.75) is 44.8 Å². The number of rotatable bonds is 7. The van der Waals surface area contributed by atoms with Crippen LogP contribution in [0.3, 0.4) is 0 Å². The zero-order valence-electron chi connectivity index (χ0n) is 15.2. The molecule has 1 saturated carbocycles. The van der Waals surface area contributed by atoms with Gasteiger partial charge in [-0.15, -0.1) is 24.0 Å². The number of guanidine groups is 1. The van der Waals surface area contributed by atoms with E-state index in [-0.39, 0.29) is 24.0 Å². The van der Waals surface area contributed by atoms with Gasteiger partial charge in [0.1, 0.15) is 5.60 Å². The third-order valence-corrected chi connectivity index (χ3v) is 5.65. The molecule has 5 nitrogen and oxygen atoms in total. The van der Waals surface area contributed by atoms with Crippen LogP contribution < -0.4 is 10.6 Å². The Hall–Kier alpha value is -0.380. The number of halogens is 1. The van der Waals surface area contributed by atoms with Gasteiger partial charge in [-0.3, -0.25) is 0 Å². The van der Waals surface area contributed by atoms with Gasteiger partial charge in [-0.05, 0) is 68.0 Å². The maximum absolute atomic E-state index is 10.6. The van der Waals surface area contributed by atoms with Crippen LogP contribution in [-0.4, -0.2) is 54.7 Å². The Morgan fingerprint density at radius 1 is 1.40 bits per heavy atom. The fraction of sp³-hybridized carbons (Fsp3) is 0.722. The lowest BCUT2D eigenvalue weighted by Gasteiger charge is -2.21. The monoisotopic (exact) mass is 478 g/mol. The molecule has 0 bridgehead atoms. The average Bonchev–Trinajstić information content (AvgIpc) is 3.07. The molecule has 1 aliphatic heterocycles. The topological polar surface area (TPSA) is 59.9 Å². The van der Waals surface area contributed by atoms with Gasteiger partial charge in [-0.1, -0.05) is 0 Å². The molecule has 7 heteroatoms. The highest BCUT2D eigenvalue weighted by Crippen LogP contribution is 2.31. The number of likely N-dealkylation sites (tertiary alicyclic amines) is 1. The van der Waals surface area contributed by atoms with Gasteiger partial charge >= 0.3 is 0 Å². The minimum atomic E-state index is -0.918. The molecule has 2 aliphatic rings. The van der Waals surface area contributed by atoms with Crippen molar-refractivity contribution < 1.29 is 5.11 Å². The Morgan fingerprint density at radius 3 is 2.84 bits per heavy atom. The number of hydrogen-bond acceptors (Lipinski definition) is 4. The molecular weight excluding hydrogens is 447 g/mol. The SMILES string of the molecule is CCNC(=NCC(C)(O)c1ccsc1)NCC1CCN(C2CC2)C1.I. The molecular formula is C18H31IN4OS. The van der Waals surface area contributed by atoms with E-state index in [1.807, 2.05) is 23.8 Å². The summed E-state index contributed by atoms with van der Waals surface area (Å²) in [6.07, 6.45) is 4.05. The number of nitrogens with one attached hydrogen (secondary N) is 2. The molecule has 1 saturated heterocycles. The zero-order valence-corrected chi connectivity index (χ0v) is 18.3. The van der Waals surface area contributed by atoms with Crippen LogP contribution in [0.5, 0.6) is 0 Å². The maximum Gasteiger partial charge on any atom is 0.191 e. The number of hydrogen-bond donors (Lipinski definition) is 3. The number of aliphatic imine (C=N–C) groups is 1. The van der Waals surface area contributed by atoms with Gasteiger partial charge in [0, 0.05) is 25.7 Å². The molecule has 1 aliphatic carbocycles. The molecule has 3 rings (SSSR count). The van der Waals surface area contributed by atoms with E-state index in [1.54, 1.807) is 11.3 Å². The Bertz CT molecular complexity index is 545. The molecule has 0 amide bonds. The number of aliphatic hydroxyl groups is 1. The summed E-state index contributed by atoms with van der Waals surface area (Å²) in [4.78, 5) is 7.24. The Labute approximate surface area is 172 Å². The first kappa shape index (κ1) is 20.9. The van der Waals surface area contributed by atoms with E-state index in [9.17, 15) is 5.11 Å². The van der Waals surface area contributed by atoms with E-state index < -0.39 is 5.60 Å². The van der Waals surface area contributed by atoms with Crippen molar-refractivity contribution in [2.75, 3.05) is 32.7 Å². The minimum Gasteiger partial charge on any atom is -0.383 e. The van der Waals surface area contributed by atoms with Crippen LogP contribution in [0.2, 0.25) is 0 Å². The smallest absolute Gasteiger partial charge is 0.191 e. The molecule has 3 N–H and O–H groups in total. The molecule has 2 atom stereocenters. The summed E-state index contributed by atoms with van der Waals surface area (Å²) in [6, 6.07) is 2.84. The standard InChI is InChI=1S/C18H30N4OS.HI/c1-3-19-17(21-13-18(2,23)15-7-9-24-12-15)20-10-14-6-8-22(11-14)16-4-5-16;/h7,9,12,14,16,23H,3-6,8,10-11,13H2,1-2H3,(H2,19,20,21);1H. The highest BCUT2D eigenvalue weighted by molar-refractivity contribution is 14.0. The second-order valence-electron chi connectivity index (χ2n) is 7.24. The van der Waals surface area contributed by atoms with Crippen molar-refractivity contribution in [2.24, 2.45) is 10.9 Å². The van der Waals surface area contributed by atoms with E-state index >= 15 is 0 Å². The first-order chi connectivity index (χ1) is 11.6. The second-order valence-corrected chi connectivity index (χ2v) is 8.02. The lowest BCUT2D eigenvalue weighted by atomic mass is 10.00. The van der Waals surface area contributed by atoms with Crippen LogP contribution in [-0.2, 0) is 5.60 Å². The minimum absolute atomic E-state index is 0. The molecule has 1 aromatic rings. The van der Waals surface area contributed by atoms with Gasteiger partial charge < -0.3 is 20.6 Å². The lowest BCUT2D eigenvalue weighted by Crippen LogP contribution is -2.41. The molecule has 0 radical (unpaired) electrons. The summed E-state index contributed by atoms with van der Waals surface area (Å²) < 4.78 is 0. The van der Waals surface area contributed by atoms with Crippen LogP contribution in [0.4, 0.5) is 0 Å². The largest absolute Gasteiger partial charge is 0.383 e. The first-order valence-electron chi connectivity index (χ1n) is 9.10. The summed E-state index contributed by atoms with van der Waals surface area (Å²) >= 11 is 1.60. The van der Waals surface area contributed by atoms with Crippen molar-refractivity contribution in [1.82, 2.24) is 15.5 Å². The van der Waals surface area contributed by atoms with Gasteiger partial charge in [0.2, 0.25) is 0 Å². The van der Waals surface area contributed by atoms with E-state index in [0.29, 0.717) is 12.5 Å². The van der Waals surface area contributed by atoms with Crippen molar-refractivity contribution >= 4 is 41.3 Å². The highest BCUT2D eigenvalue weighted by atomic mass is 127. The van der Waals surface area contributed by atoms with Crippen LogP contribution in [0, 0.1) is 5.92 Å². The fourth-order valence-corrected chi connectivity index (χ4v) is 4.06. The van der Waals surface area contributed by atoms with Crippen molar-refractivity contribution in [1.29, 1.82) is 0 Å². The summed E-state index contributed by atoms with van der Waals surface area (Å²) in [6.45, 7) is 8.49. The second kappa shape index (κ2) is 9.53. The third kappa shape index (κ3) is 6.08. The van der Waals surface area contributed by atoms with Crippen molar-refractivity contribution in [3.05, 3.63) is 22.4 Å². The lowest BCUT2D eigenvalue weighted by molar-refractivity contribution is 0.0677. The van der Waals surface area contributed by atoms with E-state index in [2.05, 4.69) is 27.4 Å². The Kier molecular flexibility index (Phi) is 7.97. The van der Waals surface area contributed by atoms with Crippen LogP contribution in [0.25, 0.3) is 0 Å². The Balaban J connectivity index is 0.00000225. The number of thiophene rings is 1. The van der Waals surface area contributed by atoms with Gasteiger partial charge in [0.15, 0.2) is 5.96 Å². The fourth-order valence-electron chi connectivity index (χ4n) is 3.28. The maximum atomic E-state index is 10.6. The highest BCUT2D eigenvalue weighted by Gasteiger charge is 2.34. The Morgan fingerprint density at radius 2 is 2.20 bits per heavy atom. The van der Waals surface area contributed by atoms with Crippen molar-refractivity contribution in [3.8, 4) is 0 Å². The molecule has 0 spiro atoms. The summed E-state index contributed by atoms with van der Waals surface area (Å²) in [5.74, 6) is 1.50.